The second-order valence-electron chi connectivity index (χ2n) is 6.82. The van der Waals surface area contributed by atoms with Crippen molar-refractivity contribution in [3.63, 3.8) is 0 Å². The van der Waals surface area contributed by atoms with Crippen LogP contribution in [0.4, 0.5) is 10.2 Å². The Kier molecular flexibility index (Phi) is 11.8. The summed E-state index contributed by atoms with van der Waals surface area (Å²) in [6.45, 7) is 5.41. The summed E-state index contributed by atoms with van der Waals surface area (Å²) >= 11 is 0. The number of anilines is 1. The SMILES string of the molecule is CCOCCCNC(=NCC(=O)N(C)C)NC1CCN(c2ncccc2F)C1.I. The molecule has 2 heterocycles. The fourth-order valence-electron chi connectivity index (χ4n) is 2.84. The third kappa shape index (κ3) is 8.69. The summed E-state index contributed by atoms with van der Waals surface area (Å²) in [6, 6.07) is 3.10. The normalized spacial score (nSPS) is 16.3. The molecule has 0 saturated carbocycles. The molecule has 1 fully saturated rings. The molecule has 1 saturated heterocycles. The second-order valence-corrected chi connectivity index (χ2v) is 6.82. The van der Waals surface area contributed by atoms with E-state index in [4.69, 9.17) is 4.74 Å². The van der Waals surface area contributed by atoms with E-state index in [9.17, 15) is 9.18 Å². The van der Waals surface area contributed by atoms with Gasteiger partial charge in [-0.25, -0.2) is 14.4 Å². The number of pyridine rings is 1. The molecule has 1 amide bonds. The van der Waals surface area contributed by atoms with Crippen molar-refractivity contribution in [2.24, 2.45) is 4.99 Å². The predicted octanol–water partition coefficient (Wildman–Crippen LogP) is 1.47. The van der Waals surface area contributed by atoms with Crippen LogP contribution in [0.5, 0.6) is 0 Å². The first-order valence-electron chi connectivity index (χ1n) is 9.69. The van der Waals surface area contributed by atoms with E-state index in [0.717, 1.165) is 12.8 Å². The zero-order valence-corrected chi connectivity index (χ0v) is 19.7. The standard InChI is InChI=1S/C19H31FN6O2.HI/c1-4-28-12-6-10-22-19(23-13-17(27)25(2)3)24-15-8-11-26(14-15)18-16(20)7-5-9-21-18;/h5,7,9,15H,4,6,8,10-14H2,1-3H3,(H2,22,23,24);1H. The van der Waals surface area contributed by atoms with E-state index in [2.05, 4.69) is 20.6 Å². The van der Waals surface area contributed by atoms with E-state index in [0.29, 0.717) is 44.6 Å². The lowest BCUT2D eigenvalue weighted by atomic mass is 10.3. The Hall–Kier alpha value is -1.69. The lowest BCUT2D eigenvalue weighted by molar-refractivity contribution is -0.127. The second kappa shape index (κ2) is 13.5. The summed E-state index contributed by atoms with van der Waals surface area (Å²) < 4.78 is 19.3. The minimum Gasteiger partial charge on any atom is -0.382 e. The fraction of sp³-hybridized carbons (Fsp3) is 0.632. The molecule has 2 N–H and O–H groups in total. The van der Waals surface area contributed by atoms with Gasteiger partial charge in [-0.05, 0) is 31.9 Å². The minimum absolute atomic E-state index is 0. The average Bonchev–Trinajstić information content (AvgIpc) is 3.13. The summed E-state index contributed by atoms with van der Waals surface area (Å²) in [5, 5.41) is 6.60. The van der Waals surface area contributed by atoms with Crippen molar-refractivity contribution in [2.45, 2.75) is 25.8 Å². The van der Waals surface area contributed by atoms with Crippen molar-refractivity contribution >= 4 is 41.7 Å². The number of amides is 1. The van der Waals surface area contributed by atoms with Gasteiger partial charge in [0.15, 0.2) is 17.6 Å². The zero-order chi connectivity index (χ0) is 20.4. The van der Waals surface area contributed by atoms with Gasteiger partial charge in [-0.2, -0.15) is 0 Å². The highest BCUT2D eigenvalue weighted by Crippen LogP contribution is 2.20. The highest BCUT2D eigenvalue weighted by Gasteiger charge is 2.26. The molecule has 1 aliphatic heterocycles. The highest BCUT2D eigenvalue weighted by atomic mass is 127. The number of guanidine groups is 1. The molecular weight excluding hydrogens is 490 g/mol. The van der Waals surface area contributed by atoms with E-state index in [1.807, 2.05) is 11.8 Å². The van der Waals surface area contributed by atoms with Crippen LogP contribution in [0, 0.1) is 5.82 Å². The maximum atomic E-state index is 14.0. The summed E-state index contributed by atoms with van der Waals surface area (Å²) in [4.78, 5) is 23.8. The predicted molar refractivity (Wildman–Crippen MR) is 123 cm³/mol. The van der Waals surface area contributed by atoms with Crippen LogP contribution in [0.3, 0.4) is 0 Å². The summed E-state index contributed by atoms with van der Waals surface area (Å²) in [6.07, 6.45) is 3.27. The number of rotatable bonds is 9. The Morgan fingerprint density at radius 2 is 2.28 bits per heavy atom. The van der Waals surface area contributed by atoms with Crippen molar-refractivity contribution in [3.8, 4) is 0 Å². The number of likely N-dealkylation sites (N-methyl/N-ethyl adjacent to an activating group) is 1. The number of nitrogens with zero attached hydrogens (tertiary/aromatic N) is 4. The van der Waals surface area contributed by atoms with Crippen molar-refractivity contribution in [2.75, 3.05) is 58.4 Å². The van der Waals surface area contributed by atoms with Crippen molar-refractivity contribution < 1.29 is 13.9 Å². The number of aliphatic imine (C=N–C) groups is 1. The maximum Gasteiger partial charge on any atom is 0.243 e. The first-order chi connectivity index (χ1) is 13.5. The highest BCUT2D eigenvalue weighted by molar-refractivity contribution is 14.0. The Bertz CT molecular complexity index is 661. The third-order valence-electron chi connectivity index (χ3n) is 4.40. The number of halogens is 2. The first kappa shape index (κ1) is 25.3. The number of carbonyl (C=O) groups is 1. The van der Waals surface area contributed by atoms with Crippen LogP contribution >= 0.6 is 24.0 Å². The zero-order valence-electron chi connectivity index (χ0n) is 17.4. The minimum atomic E-state index is -0.317. The van der Waals surface area contributed by atoms with E-state index in [-0.39, 0.29) is 48.3 Å². The van der Waals surface area contributed by atoms with E-state index >= 15 is 0 Å². The summed E-state index contributed by atoms with van der Waals surface area (Å²) in [7, 11) is 3.41. The summed E-state index contributed by atoms with van der Waals surface area (Å²) in [5.74, 6) is 0.569. The summed E-state index contributed by atoms with van der Waals surface area (Å²) in [5.41, 5.74) is 0. The van der Waals surface area contributed by atoms with Gasteiger partial charge in [-0.15, -0.1) is 24.0 Å². The number of hydrogen-bond acceptors (Lipinski definition) is 5. The molecule has 1 unspecified atom stereocenters. The van der Waals surface area contributed by atoms with E-state index in [1.54, 1.807) is 26.4 Å². The molecular formula is C19H32FIN6O2. The van der Waals surface area contributed by atoms with Crippen LogP contribution < -0.4 is 15.5 Å². The van der Waals surface area contributed by atoms with Crippen molar-refractivity contribution in [3.05, 3.63) is 24.1 Å². The van der Waals surface area contributed by atoms with Gasteiger partial charge in [0, 0.05) is 59.2 Å². The van der Waals surface area contributed by atoms with E-state index < -0.39 is 0 Å². The lowest BCUT2D eigenvalue weighted by Crippen LogP contribution is -2.45. The molecule has 164 valence electrons. The molecule has 10 heteroatoms. The molecule has 8 nitrogen and oxygen atoms in total. The van der Waals surface area contributed by atoms with Crippen molar-refractivity contribution in [1.29, 1.82) is 0 Å². The Balaban J connectivity index is 0.00000420. The molecule has 0 spiro atoms. The van der Waals surface area contributed by atoms with E-state index in [1.165, 1.54) is 11.0 Å². The van der Waals surface area contributed by atoms with Gasteiger partial charge in [0.25, 0.3) is 0 Å². The maximum absolute atomic E-state index is 14.0. The van der Waals surface area contributed by atoms with Gasteiger partial charge in [0.05, 0.1) is 0 Å². The van der Waals surface area contributed by atoms with Crippen LogP contribution in [0.1, 0.15) is 19.8 Å². The van der Waals surface area contributed by atoms with Gasteiger partial charge in [0.2, 0.25) is 5.91 Å². The number of aromatic nitrogens is 1. The van der Waals surface area contributed by atoms with Crippen LogP contribution in [-0.4, -0.2) is 81.3 Å². The number of carbonyl (C=O) groups excluding carboxylic acids is 1. The molecule has 0 radical (unpaired) electrons. The molecule has 1 aromatic rings. The molecule has 1 aliphatic rings. The number of nitrogens with one attached hydrogen (secondary N) is 2. The monoisotopic (exact) mass is 522 g/mol. The largest absolute Gasteiger partial charge is 0.382 e. The molecule has 0 bridgehead atoms. The van der Waals surface area contributed by atoms with Gasteiger partial charge < -0.3 is 25.2 Å². The van der Waals surface area contributed by atoms with Crippen LogP contribution in [0.2, 0.25) is 0 Å². The average molecular weight is 522 g/mol. The van der Waals surface area contributed by atoms with Gasteiger partial charge >= 0.3 is 0 Å². The van der Waals surface area contributed by atoms with Crippen LogP contribution in [0.25, 0.3) is 0 Å². The lowest BCUT2D eigenvalue weighted by Gasteiger charge is -2.20. The molecule has 29 heavy (non-hydrogen) atoms. The number of hydrogen-bond donors (Lipinski definition) is 2. The molecule has 0 aromatic carbocycles. The third-order valence-corrected chi connectivity index (χ3v) is 4.40. The van der Waals surface area contributed by atoms with Gasteiger partial charge in [0.1, 0.15) is 6.54 Å². The smallest absolute Gasteiger partial charge is 0.243 e. The Morgan fingerprint density at radius 3 is 2.97 bits per heavy atom. The van der Waals surface area contributed by atoms with Crippen LogP contribution in [-0.2, 0) is 9.53 Å². The fourth-order valence-corrected chi connectivity index (χ4v) is 2.84. The van der Waals surface area contributed by atoms with Crippen molar-refractivity contribution in [1.82, 2.24) is 20.5 Å². The molecule has 0 aliphatic carbocycles. The van der Waals surface area contributed by atoms with Gasteiger partial charge in [-0.1, -0.05) is 0 Å². The molecule has 1 aromatic heterocycles. The Labute approximate surface area is 189 Å². The Morgan fingerprint density at radius 1 is 1.48 bits per heavy atom. The topological polar surface area (TPSA) is 82.1 Å². The molecule has 2 rings (SSSR count). The number of ether oxygens (including phenoxy) is 1. The molecule has 1 atom stereocenters. The quantitative estimate of drug-likeness (QED) is 0.221. The van der Waals surface area contributed by atoms with Crippen LogP contribution in [0.15, 0.2) is 23.3 Å². The first-order valence-corrected chi connectivity index (χ1v) is 9.69. The van der Waals surface area contributed by atoms with Gasteiger partial charge in [-0.3, -0.25) is 4.79 Å².